The highest BCUT2D eigenvalue weighted by Gasteiger charge is 2.30. The molecule has 2 aliphatic rings. The molecule has 0 unspecified atom stereocenters. The molecule has 1 saturated carbocycles. The molecule has 0 aromatic carbocycles. The maximum absolute atomic E-state index is 13.0. The monoisotopic (exact) mass is 420 g/mol. The fourth-order valence-electron chi connectivity index (χ4n) is 4.34. The van der Waals surface area contributed by atoms with Crippen molar-refractivity contribution in [3.05, 3.63) is 46.7 Å². The van der Waals surface area contributed by atoms with E-state index >= 15 is 0 Å². The van der Waals surface area contributed by atoms with E-state index in [1.807, 2.05) is 44.0 Å². The molecule has 1 saturated heterocycles. The van der Waals surface area contributed by atoms with Crippen LogP contribution in [0.3, 0.4) is 0 Å². The summed E-state index contributed by atoms with van der Waals surface area (Å²) in [5.41, 5.74) is 5.42. The Hall–Kier alpha value is -3.16. The van der Waals surface area contributed by atoms with Crippen molar-refractivity contribution >= 4 is 11.9 Å². The van der Waals surface area contributed by atoms with Gasteiger partial charge in [0.2, 0.25) is 5.95 Å². The van der Waals surface area contributed by atoms with Crippen molar-refractivity contribution in [2.75, 3.05) is 18.4 Å². The molecular weight excluding hydrogens is 392 g/mol. The van der Waals surface area contributed by atoms with Crippen molar-refractivity contribution < 1.29 is 9.32 Å². The number of rotatable bonds is 5. The first-order valence-electron chi connectivity index (χ1n) is 11.0. The number of piperidine rings is 1. The SMILES string of the molecule is Cc1cc(-c2cnc(NC3CC3)nc2C2CCN(C(=O)c3cc(C)[nH]c3C)CC2)on1. The van der Waals surface area contributed by atoms with Gasteiger partial charge >= 0.3 is 0 Å². The van der Waals surface area contributed by atoms with Crippen molar-refractivity contribution in [2.45, 2.75) is 58.4 Å². The van der Waals surface area contributed by atoms with E-state index in [-0.39, 0.29) is 11.8 Å². The molecule has 3 aromatic rings. The number of H-pyrrole nitrogens is 1. The molecule has 1 aliphatic carbocycles. The minimum Gasteiger partial charge on any atom is -0.362 e. The van der Waals surface area contributed by atoms with Crippen LogP contribution in [-0.2, 0) is 0 Å². The maximum Gasteiger partial charge on any atom is 0.255 e. The summed E-state index contributed by atoms with van der Waals surface area (Å²) in [5, 5.41) is 7.44. The zero-order chi connectivity index (χ0) is 21.5. The van der Waals surface area contributed by atoms with Gasteiger partial charge in [0.15, 0.2) is 5.76 Å². The summed E-state index contributed by atoms with van der Waals surface area (Å²) in [6, 6.07) is 4.35. The molecule has 0 spiro atoms. The number of aromatic amines is 1. The van der Waals surface area contributed by atoms with Gasteiger partial charge in [-0.3, -0.25) is 4.79 Å². The van der Waals surface area contributed by atoms with Crippen LogP contribution in [0.15, 0.2) is 22.9 Å². The van der Waals surface area contributed by atoms with E-state index in [0.717, 1.165) is 46.7 Å². The van der Waals surface area contributed by atoms with E-state index in [9.17, 15) is 4.79 Å². The Morgan fingerprint density at radius 2 is 1.94 bits per heavy atom. The van der Waals surface area contributed by atoms with Crippen LogP contribution in [0.1, 0.15) is 64.7 Å². The second-order valence-electron chi connectivity index (χ2n) is 8.80. The van der Waals surface area contributed by atoms with Crippen LogP contribution in [0, 0.1) is 20.8 Å². The van der Waals surface area contributed by atoms with E-state index in [2.05, 4.69) is 20.4 Å². The third-order valence-corrected chi connectivity index (χ3v) is 6.17. The lowest BCUT2D eigenvalue weighted by Gasteiger charge is -2.32. The van der Waals surface area contributed by atoms with Crippen molar-refractivity contribution in [1.29, 1.82) is 0 Å². The van der Waals surface area contributed by atoms with Gasteiger partial charge in [0.25, 0.3) is 5.91 Å². The molecule has 8 heteroatoms. The molecule has 5 rings (SSSR count). The summed E-state index contributed by atoms with van der Waals surface area (Å²) in [4.78, 5) is 27.6. The lowest BCUT2D eigenvalue weighted by Crippen LogP contribution is -2.38. The summed E-state index contributed by atoms with van der Waals surface area (Å²) < 4.78 is 5.53. The van der Waals surface area contributed by atoms with Gasteiger partial charge in [-0.1, -0.05) is 5.16 Å². The molecule has 0 bridgehead atoms. The molecule has 8 nitrogen and oxygen atoms in total. The standard InChI is InChI=1S/C23H28N6O2/c1-13-10-18(15(3)25-13)22(30)29-8-6-16(7-9-29)21-19(20-11-14(2)28-31-20)12-24-23(27-21)26-17-4-5-17/h10-12,16-17,25H,4-9H2,1-3H3,(H,24,26,27). The number of hydrogen-bond donors (Lipinski definition) is 2. The van der Waals surface area contributed by atoms with Gasteiger partial charge in [0.1, 0.15) is 0 Å². The van der Waals surface area contributed by atoms with E-state index in [1.54, 1.807) is 0 Å². The molecule has 4 heterocycles. The largest absolute Gasteiger partial charge is 0.362 e. The van der Waals surface area contributed by atoms with Crippen molar-refractivity contribution in [3.8, 4) is 11.3 Å². The smallest absolute Gasteiger partial charge is 0.255 e. The molecule has 3 aromatic heterocycles. The fraction of sp³-hybridized carbons (Fsp3) is 0.478. The van der Waals surface area contributed by atoms with Crippen LogP contribution in [0.5, 0.6) is 0 Å². The minimum atomic E-state index is 0.102. The summed E-state index contributed by atoms with van der Waals surface area (Å²) >= 11 is 0. The normalized spacial score (nSPS) is 17.2. The Labute approximate surface area is 181 Å². The predicted octanol–water partition coefficient (Wildman–Crippen LogP) is 3.98. The van der Waals surface area contributed by atoms with E-state index in [4.69, 9.17) is 9.51 Å². The van der Waals surface area contributed by atoms with Gasteiger partial charge in [0.05, 0.1) is 22.5 Å². The maximum atomic E-state index is 13.0. The number of nitrogens with zero attached hydrogens (tertiary/aromatic N) is 4. The van der Waals surface area contributed by atoms with Gasteiger partial charge in [-0.2, -0.15) is 0 Å². The van der Waals surface area contributed by atoms with Crippen LogP contribution in [-0.4, -0.2) is 50.0 Å². The highest BCUT2D eigenvalue weighted by Crippen LogP contribution is 2.35. The topological polar surface area (TPSA) is 99.9 Å². The molecule has 0 atom stereocenters. The Bertz CT molecular complexity index is 1110. The number of hydrogen-bond acceptors (Lipinski definition) is 6. The van der Waals surface area contributed by atoms with Crippen LogP contribution in [0.25, 0.3) is 11.3 Å². The third kappa shape index (κ3) is 4.06. The number of likely N-dealkylation sites (tertiary alicyclic amines) is 1. The van der Waals surface area contributed by atoms with E-state index < -0.39 is 0 Å². The highest BCUT2D eigenvalue weighted by molar-refractivity contribution is 5.95. The number of aromatic nitrogens is 4. The van der Waals surface area contributed by atoms with Gasteiger partial charge < -0.3 is 19.7 Å². The first-order valence-corrected chi connectivity index (χ1v) is 11.0. The van der Waals surface area contributed by atoms with Crippen molar-refractivity contribution in [1.82, 2.24) is 25.0 Å². The van der Waals surface area contributed by atoms with Crippen LogP contribution < -0.4 is 5.32 Å². The lowest BCUT2D eigenvalue weighted by atomic mass is 9.90. The van der Waals surface area contributed by atoms with Crippen LogP contribution in [0.2, 0.25) is 0 Å². The zero-order valence-electron chi connectivity index (χ0n) is 18.2. The zero-order valence-corrected chi connectivity index (χ0v) is 18.2. The quantitative estimate of drug-likeness (QED) is 0.648. The molecular formula is C23H28N6O2. The van der Waals surface area contributed by atoms with Gasteiger partial charge in [-0.05, 0) is 52.5 Å². The minimum absolute atomic E-state index is 0.102. The third-order valence-electron chi connectivity index (χ3n) is 6.17. The molecule has 162 valence electrons. The second-order valence-corrected chi connectivity index (χ2v) is 8.80. The highest BCUT2D eigenvalue weighted by atomic mass is 16.5. The van der Waals surface area contributed by atoms with E-state index in [1.165, 1.54) is 12.8 Å². The summed E-state index contributed by atoms with van der Waals surface area (Å²) in [6.07, 6.45) is 5.89. The van der Waals surface area contributed by atoms with Gasteiger partial charge in [0, 0.05) is 48.7 Å². The summed E-state index contributed by atoms with van der Waals surface area (Å²) in [5.74, 6) is 1.71. The predicted molar refractivity (Wildman–Crippen MR) is 117 cm³/mol. The number of amides is 1. The molecule has 31 heavy (non-hydrogen) atoms. The van der Waals surface area contributed by atoms with Crippen LogP contribution in [0.4, 0.5) is 5.95 Å². The number of nitrogens with one attached hydrogen (secondary N) is 2. The van der Waals surface area contributed by atoms with Crippen LogP contribution >= 0.6 is 0 Å². The second kappa shape index (κ2) is 7.83. The first-order chi connectivity index (χ1) is 15.0. The number of aryl methyl sites for hydroxylation is 3. The number of anilines is 1. The Balaban J connectivity index is 1.37. The summed E-state index contributed by atoms with van der Waals surface area (Å²) in [6.45, 7) is 7.25. The average Bonchev–Trinajstić information content (AvgIpc) is 3.37. The molecule has 1 aliphatic heterocycles. The number of carbonyl (C=O) groups excluding carboxylic acids is 1. The van der Waals surface area contributed by atoms with E-state index in [0.29, 0.717) is 30.8 Å². The molecule has 2 fully saturated rings. The Morgan fingerprint density at radius 3 is 2.55 bits per heavy atom. The van der Waals surface area contributed by atoms with Gasteiger partial charge in [-0.25, -0.2) is 9.97 Å². The average molecular weight is 421 g/mol. The number of carbonyl (C=O) groups is 1. The van der Waals surface area contributed by atoms with Gasteiger partial charge in [-0.15, -0.1) is 0 Å². The van der Waals surface area contributed by atoms with Crippen molar-refractivity contribution in [3.63, 3.8) is 0 Å². The Kier molecular flexibility index (Phi) is 5.00. The fourth-order valence-corrected chi connectivity index (χ4v) is 4.34. The molecule has 0 radical (unpaired) electrons. The van der Waals surface area contributed by atoms with Crippen molar-refractivity contribution in [2.24, 2.45) is 0 Å². The lowest BCUT2D eigenvalue weighted by molar-refractivity contribution is 0.0711. The Morgan fingerprint density at radius 1 is 1.16 bits per heavy atom. The molecule has 1 amide bonds. The molecule has 2 N–H and O–H groups in total. The summed E-state index contributed by atoms with van der Waals surface area (Å²) in [7, 11) is 0. The first kappa shape index (κ1) is 19.8.